The molecular weight excluding hydrogens is 152 g/mol. The van der Waals surface area contributed by atoms with Crippen LogP contribution in [0.15, 0.2) is 24.8 Å². The Labute approximate surface area is 63.3 Å². The Kier molecular flexibility index (Phi) is 1.82. The average Bonchev–Trinajstić information content (AvgIpc) is 2.33. The van der Waals surface area contributed by atoms with Crippen LogP contribution in [0.4, 0.5) is 0 Å². The molecule has 52 valence electrons. The van der Waals surface area contributed by atoms with Crippen molar-refractivity contribution in [2.45, 2.75) is 0 Å². The maximum atomic E-state index is 3.88. The highest BCUT2D eigenvalue weighted by atomic mass is 35.5. The van der Waals surface area contributed by atoms with E-state index < -0.39 is 0 Å². The summed E-state index contributed by atoms with van der Waals surface area (Å²) in [6.07, 6.45) is 6.79. The lowest BCUT2D eigenvalue weighted by Crippen LogP contribution is -1.85. The molecule has 2 aromatic heterocycles. The normalized spacial score (nSPS) is 9.20. The van der Waals surface area contributed by atoms with Crippen molar-refractivity contribution >= 4 is 17.9 Å². The van der Waals surface area contributed by atoms with Gasteiger partial charge in [0.2, 0.25) is 0 Å². The van der Waals surface area contributed by atoms with Crippen molar-refractivity contribution in [3.05, 3.63) is 24.8 Å². The Bertz CT molecular complexity index is 288. The van der Waals surface area contributed by atoms with Gasteiger partial charge in [-0.3, -0.25) is 4.98 Å². The number of aromatic nitrogens is 4. The molecule has 4 nitrogen and oxygen atoms in total. The molecule has 10 heavy (non-hydrogen) atoms. The van der Waals surface area contributed by atoms with Gasteiger partial charge in [-0.2, -0.15) is 0 Å². The lowest BCUT2D eigenvalue weighted by Gasteiger charge is -1.83. The van der Waals surface area contributed by atoms with Crippen molar-refractivity contribution in [2.24, 2.45) is 0 Å². The molecule has 0 aliphatic carbocycles. The summed E-state index contributed by atoms with van der Waals surface area (Å²) in [5, 5.41) is 7.42. The van der Waals surface area contributed by atoms with E-state index in [0.717, 1.165) is 5.52 Å². The molecule has 0 fully saturated rings. The minimum Gasteiger partial charge on any atom is -0.261 e. The number of rotatable bonds is 0. The third kappa shape index (κ3) is 0.930. The van der Waals surface area contributed by atoms with Gasteiger partial charge in [0, 0.05) is 12.4 Å². The molecule has 0 N–H and O–H groups in total. The molecule has 0 saturated heterocycles. The molecule has 2 heterocycles. The molecule has 0 spiro atoms. The molecule has 0 atom stereocenters. The number of fused-ring (bicyclic) bond motifs is 1. The van der Waals surface area contributed by atoms with E-state index in [2.05, 4.69) is 15.3 Å². The van der Waals surface area contributed by atoms with Crippen molar-refractivity contribution in [3.63, 3.8) is 0 Å². The molecule has 0 radical (unpaired) electrons. The van der Waals surface area contributed by atoms with E-state index >= 15 is 0 Å². The summed E-state index contributed by atoms with van der Waals surface area (Å²) in [5.41, 5.74) is 0.914. The standard InChI is InChI=1S/C5H4N4.ClH/c1-2-9-5(3-6-1)4-7-8-9;/h1-4H;1H. The fraction of sp³-hybridized carbons (Fsp3) is 0. The van der Waals surface area contributed by atoms with E-state index in [1.165, 1.54) is 0 Å². The van der Waals surface area contributed by atoms with Gasteiger partial charge in [-0.1, -0.05) is 5.21 Å². The zero-order valence-corrected chi connectivity index (χ0v) is 5.82. The van der Waals surface area contributed by atoms with Crippen LogP contribution in [0.5, 0.6) is 0 Å². The molecular formula is C5H5ClN4. The van der Waals surface area contributed by atoms with Gasteiger partial charge in [-0.25, -0.2) is 4.52 Å². The molecule has 2 rings (SSSR count). The van der Waals surface area contributed by atoms with Crippen LogP contribution >= 0.6 is 12.4 Å². The monoisotopic (exact) mass is 156 g/mol. The second-order valence-corrected chi connectivity index (χ2v) is 1.68. The topological polar surface area (TPSA) is 43.1 Å². The number of nitrogens with zero attached hydrogens (tertiary/aromatic N) is 4. The van der Waals surface area contributed by atoms with Gasteiger partial charge in [0.15, 0.2) is 0 Å². The summed E-state index contributed by atoms with van der Waals surface area (Å²) in [4.78, 5) is 3.88. The van der Waals surface area contributed by atoms with Crippen molar-refractivity contribution in [1.29, 1.82) is 0 Å². The summed E-state index contributed by atoms with van der Waals surface area (Å²) >= 11 is 0. The largest absolute Gasteiger partial charge is 0.261 e. The third-order valence-corrected chi connectivity index (χ3v) is 1.10. The van der Waals surface area contributed by atoms with E-state index in [1.807, 2.05) is 0 Å². The number of hydrogen-bond donors (Lipinski definition) is 0. The molecule has 2 aromatic rings. The van der Waals surface area contributed by atoms with Gasteiger partial charge in [0.25, 0.3) is 0 Å². The highest BCUT2D eigenvalue weighted by Crippen LogP contribution is 1.92. The molecule has 5 heteroatoms. The van der Waals surface area contributed by atoms with E-state index in [1.54, 1.807) is 29.3 Å². The average molecular weight is 157 g/mol. The number of halogens is 1. The van der Waals surface area contributed by atoms with Crippen LogP contribution in [0.1, 0.15) is 0 Å². The fourth-order valence-corrected chi connectivity index (χ4v) is 0.681. The zero-order chi connectivity index (χ0) is 6.10. The van der Waals surface area contributed by atoms with Crippen LogP contribution in [0.2, 0.25) is 0 Å². The highest BCUT2D eigenvalue weighted by molar-refractivity contribution is 5.85. The van der Waals surface area contributed by atoms with Crippen LogP contribution in [0.3, 0.4) is 0 Å². The smallest absolute Gasteiger partial charge is 0.105 e. The van der Waals surface area contributed by atoms with Crippen LogP contribution in [-0.2, 0) is 0 Å². The lowest BCUT2D eigenvalue weighted by atomic mass is 10.6. The van der Waals surface area contributed by atoms with Gasteiger partial charge in [0.1, 0.15) is 5.52 Å². The predicted octanol–water partition coefficient (Wildman–Crippen LogP) is 0.546. The van der Waals surface area contributed by atoms with Crippen molar-refractivity contribution < 1.29 is 0 Å². The summed E-state index contributed by atoms with van der Waals surface area (Å²) in [7, 11) is 0. The van der Waals surface area contributed by atoms with Crippen molar-refractivity contribution in [3.8, 4) is 0 Å². The molecule has 0 aromatic carbocycles. The first-order valence-electron chi connectivity index (χ1n) is 2.57. The van der Waals surface area contributed by atoms with Gasteiger partial charge in [0.05, 0.1) is 12.4 Å². The Morgan fingerprint density at radius 2 is 2.20 bits per heavy atom. The van der Waals surface area contributed by atoms with Crippen LogP contribution in [0, 0.1) is 0 Å². The van der Waals surface area contributed by atoms with Crippen molar-refractivity contribution in [2.75, 3.05) is 0 Å². The molecule has 0 aliphatic rings. The second kappa shape index (κ2) is 2.62. The fourth-order valence-electron chi connectivity index (χ4n) is 0.681. The summed E-state index contributed by atoms with van der Waals surface area (Å²) in [6, 6.07) is 0. The zero-order valence-electron chi connectivity index (χ0n) is 5.01. The van der Waals surface area contributed by atoms with Crippen LogP contribution in [0.25, 0.3) is 5.52 Å². The van der Waals surface area contributed by atoms with E-state index in [9.17, 15) is 0 Å². The van der Waals surface area contributed by atoms with Crippen LogP contribution in [-0.4, -0.2) is 19.8 Å². The van der Waals surface area contributed by atoms with E-state index in [0.29, 0.717) is 0 Å². The Morgan fingerprint density at radius 1 is 1.30 bits per heavy atom. The Balaban J connectivity index is 0.000000500. The third-order valence-electron chi connectivity index (χ3n) is 1.10. The van der Waals surface area contributed by atoms with Gasteiger partial charge in [-0.05, 0) is 0 Å². The molecule has 0 bridgehead atoms. The van der Waals surface area contributed by atoms with Gasteiger partial charge in [-0.15, -0.1) is 17.5 Å². The SMILES string of the molecule is Cl.c1cn2nncc2cn1. The minimum absolute atomic E-state index is 0. The second-order valence-electron chi connectivity index (χ2n) is 1.68. The maximum absolute atomic E-state index is 3.88. The molecule has 0 aliphatic heterocycles. The Hall–Kier alpha value is -1.16. The summed E-state index contributed by atoms with van der Waals surface area (Å²) in [5.74, 6) is 0. The summed E-state index contributed by atoms with van der Waals surface area (Å²) < 4.78 is 1.66. The first kappa shape index (κ1) is 6.95. The van der Waals surface area contributed by atoms with Crippen LogP contribution < -0.4 is 0 Å². The maximum Gasteiger partial charge on any atom is 0.105 e. The molecule has 0 saturated carbocycles. The highest BCUT2D eigenvalue weighted by Gasteiger charge is 1.88. The Morgan fingerprint density at radius 3 is 3.00 bits per heavy atom. The lowest BCUT2D eigenvalue weighted by molar-refractivity contribution is 0.849. The number of hydrogen-bond acceptors (Lipinski definition) is 3. The first-order chi connectivity index (χ1) is 4.47. The van der Waals surface area contributed by atoms with Gasteiger partial charge >= 0.3 is 0 Å². The van der Waals surface area contributed by atoms with E-state index in [4.69, 9.17) is 0 Å². The molecule has 0 amide bonds. The molecule has 0 unspecified atom stereocenters. The van der Waals surface area contributed by atoms with Gasteiger partial charge < -0.3 is 0 Å². The first-order valence-corrected chi connectivity index (χ1v) is 2.57. The van der Waals surface area contributed by atoms with Crippen molar-refractivity contribution in [1.82, 2.24) is 19.8 Å². The summed E-state index contributed by atoms with van der Waals surface area (Å²) in [6.45, 7) is 0. The minimum atomic E-state index is 0. The quantitative estimate of drug-likeness (QED) is 0.560. The predicted molar refractivity (Wildman–Crippen MR) is 38.0 cm³/mol. The van der Waals surface area contributed by atoms with E-state index in [-0.39, 0.29) is 12.4 Å².